The molecule has 0 unspecified atom stereocenters. The lowest BCUT2D eigenvalue weighted by atomic mass is 9.93. The zero-order valence-corrected chi connectivity index (χ0v) is 15.0. The van der Waals surface area contributed by atoms with Gasteiger partial charge in [-0.15, -0.1) is 0 Å². The third kappa shape index (κ3) is 7.07. The number of nitrogens with zero attached hydrogens (tertiary/aromatic N) is 1. The van der Waals surface area contributed by atoms with Gasteiger partial charge in [-0.05, 0) is 51.4 Å². The lowest BCUT2D eigenvalue weighted by molar-refractivity contribution is -0.121. The molecule has 0 saturated heterocycles. The summed E-state index contributed by atoms with van der Waals surface area (Å²) < 4.78 is 0. The number of hydrogen-bond donors (Lipinski definition) is 4. The molecule has 0 radical (unpaired) electrons. The summed E-state index contributed by atoms with van der Waals surface area (Å²) in [7, 11) is 0. The fraction of sp³-hybridized carbons (Fsp3) is 0.889. The van der Waals surface area contributed by atoms with E-state index in [0.29, 0.717) is 31.5 Å². The first-order valence-corrected chi connectivity index (χ1v) is 9.67. The molecule has 0 atom stereocenters. The predicted molar refractivity (Wildman–Crippen MR) is 97.0 cm³/mol. The van der Waals surface area contributed by atoms with Crippen LogP contribution in [0.25, 0.3) is 0 Å². The first-order chi connectivity index (χ1) is 11.7. The molecule has 0 spiro atoms. The van der Waals surface area contributed by atoms with E-state index in [4.69, 9.17) is 0 Å². The van der Waals surface area contributed by atoms with Crippen molar-refractivity contribution in [1.82, 2.24) is 16.0 Å². The summed E-state index contributed by atoms with van der Waals surface area (Å²) in [6.45, 7) is 4.03. The molecule has 2 aliphatic carbocycles. The molecule has 0 heterocycles. The van der Waals surface area contributed by atoms with Crippen molar-refractivity contribution < 1.29 is 9.90 Å². The van der Waals surface area contributed by atoms with E-state index in [1.54, 1.807) is 0 Å². The lowest BCUT2D eigenvalue weighted by Crippen LogP contribution is -2.45. The van der Waals surface area contributed by atoms with E-state index in [2.05, 4.69) is 20.9 Å². The van der Waals surface area contributed by atoms with Gasteiger partial charge in [0.05, 0.1) is 12.6 Å². The van der Waals surface area contributed by atoms with Gasteiger partial charge in [0.15, 0.2) is 5.96 Å². The van der Waals surface area contributed by atoms with Gasteiger partial charge in [0.1, 0.15) is 0 Å². The molecule has 6 heteroatoms. The Morgan fingerprint density at radius 2 is 1.79 bits per heavy atom. The first-order valence-electron chi connectivity index (χ1n) is 9.67. The minimum Gasteiger partial charge on any atom is -0.393 e. The Bertz CT molecular complexity index is 400. The molecule has 0 aromatic heterocycles. The smallest absolute Gasteiger partial charge is 0.220 e. The normalized spacial score (nSPS) is 25.5. The monoisotopic (exact) mass is 338 g/mol. The minimum absolute atomic E-state index is 0.141. The number of rotatable bonds is 7. The SMILES string of the molecule is CCNC(=NCCNC(=O)CC1CCCC1)NC1CCC(O)CC1. The maximum atomic E-state index is 11.9. The van der Waals surface area contributed by atoms with Gasteiger partial charge in [0, 0.05) is 25.6 Å². The van der Waals surface area contributed by atoms with E-state index in [1.807, 2.05) is 6.92 Å². The number of aliphatic hydroxyl groups excluding tert-OH is 1. The number of hydrogen-bond acceptors (Lipinski definition) is 3. The van der Waals surface area contributed by atoms with E-state index < -0.39 is 0 Å². The summed E-state index contributed by atoms with van der Waals surface area (Å²) in [6, 6.07) is 0.378. The Morgan fingerprint density at radius 1 is 1.08 bits per heavy atom. The number of amides is 1. The van der Waals surface area contributed by atoms with Crippen LogP contribution in [-0.4, -0.2) is 48.8 Å². The van der Waals surface area contributed by atoms with Crippen molar-refractivity contribution in [2.75, 3.05) is 19.6 Å². The van der Waals surface area contributed by atoms with Crippen LogP contribution < -0.4 is 16.0 Å². The van der Waals surface area contributed by atoms with Gasteiger partial charge in [0.25, 0.3) is 0 Å². The molecule has 2 aliphatic rings. The summed E-state index contributed by atoms with van der Waals surface area (Å²) in [4.78, 5) is 16.5. The fourth-order valence-corrected chi connectivity index (χ4v) is 3.65. The Labute approximate surface area is 145 Å². The van der Waals surface area contributed by atoms with Crippen molar-refractivity contribution in [3.05, 3.63) is 0 Å². The Morgan fingerprint density at radius 3 is 2.46 bits per heavy atom. The maximum Gasteiger partial charge on any atom is 0.220 e. The van der Waals surface area contributed by atoms with Crippen LogP contribution in [0.1, 0.15) is 64.7 Å². The van der Waals surface area contributed by atoms with E-state index in [9.17, 15) is 9.90 Å². The summed E-state index contributed by atoms with van der Waals surface area (Å²) in [5.41, 5.74) is 0. The molecule has 138 valence electrons. The third-order valence-corrected chi connectivity index (χ3v) is 5.03. The molecule has 2 rings (SSSR count). The quantitative estimate of drug-likeness (QED) is 0.322. The fourth-order valence-electron chi connectivity index (χ4n) is 3.65. The second-order valence-corrected chi connectivity index (χ2v) is 7.12. The molecule has 6 nitrogen and oxygen atoms in total. The van der Waals surface area contributed by atoms with Crippen molar-refractivity contribution >= 4 is 11.9 Å². The van der Waals surface area contributed by atoms with Crippen molar-refractivity contribution in [3.63, 3.8) is 0 Å². The molecule has 24 heavy (non-hydrogen) atoms. The van der Waals surface area contributed by atoms with Gasteiger partial charge < -0.3 is 21.1 Å². The largest absolute Gasteiger partial charge is 0.393 e. The molecule has 4 N–H and O–H groups in total. The maximum absolute atomic E-state index is 11.9. The van der Waals surface area contributed by atoms with Crippen molar-refractivity contribution in [2.45, 2.75) is 76.9 Å². The molecular formula is C18H34N4O2. The average Bonchev–Trinajstić information content (AvgIpc) is 3.06. The Kier molecular flexibility index (Phi) is 8.36. The first kappa shape index (κ1) is 19.0. The molecule has 2 fully saturated rings. The zero-order valence-electron chi connectivity index (χ0n) is 15.0. The number of aliphatic hydroxyl groups is 1. The van der Waals surface area contributed by atoms with E-state index in [1.165, 1.54) is 25.7 Å². The molecular weight excluding hydrogens is 304 g/mol. The van der Waals surface area contributed by atoms with E-state index in [0.717, 1.165) is 38.2 Å². The van der Waals surface area contributed by atoms with Crippen LogP contribution >= 0.6 is 0 Å². The van der Waals surface area contributed by atoms with Crippen molar-refractivity contribution in [1.29, 1.82) is 0 Å². The highest BCUT2D eigenvalue weighted by molar-refractivity contribution is 5.80. The number of nitrogens with one attached hydrogen (secondary N) is 3. The summed E-state index contributed by atoms with van der Waals surface area (Å²) in [6.07, 6.45) is 9.16. The van der Waals surface area contributed by atoms with Crippen LogP contribution in [0.15, 0.2) is 4.99 Å². The zero-order chi connectivity index (χ0) is 17.2. The standard InChI is InChI=1S/C18H34N4O2/c1-2-19-18(22-15-7-9-16(23)10-8-15)21-12-11-20-17(24)13-14-5-3-4-6-14/h14-16,23H,2-13H2,1H3,(H,20,24)(H2,19,21,22). The topological polar surface area (TPSA) is 85.8 Å². The predicted octanol–water partition coefficient (Wildman–Crippen LogP) is 1.54. The van der Waals surface area contributed by atoms with Gasteiger partial charge in [-0.25, -0.2) is 0 Å². The van der Waals surface area contributed by atoms with Crippen LogP contribution in [0, 0.1) is 5.92 Å². The van der Waals surface area contributed by atoms with Crippen LogP contribution in [-0.2, 0) is 4.79 Å². The highest BCUT2D eigenvalue weighted by atomic mass is 16.3. The van der Waals surface area contributed by atoms with Gasteiger partial charge in [-0.2, -0.15) is 0 Å². The summed E-state index contributed by atoms with van der Waals surface area (Å²) >= 11 is 0. The van der Waals surface area contributed by atoms with Crippen LogP contribution in [0.4, 0.5) is 0 Å². The molecule has 0 aromatic rings. The van der Waals surface area contributed by atoms with Crippen molar-refractivity contribution in [2.24, 2.45) is 10.9 Å². The highest BCUT2D eigenvalue weighted by Gasteiger charge is 2.20. The van der Waals surface area contributed by atoms with Crippen LogP contribution in [0.2, 0.25) is 0 Å². The number of carbonyl (C=O) groups is 1. The minimum atomic E-state index is -0.141. The molecule has 0 aliphatic heterocycles. The highest BCUT2D eigenvalue weighted by Crippen LogP contribution is 2.27. The van der Waals surface area contributed by atoms with Gasteiger partial charge in [-0.1, -0.05) is 12.8 Å². The lowest BCUT2D eigenvalue weighted by Gasteiger charge is -2.27. The Hall–Kier alpha value is -1.30. The molecule has 0 aromatic carbocycles. The van der Waals surface area contributed by atoms with Crippen LogP contribution in [0.3, 0.4) is 0 Å². The second-order valence-electron chi connectivity index (χ2n) is 7.12. The summed E-state index contributed by atoms with van der Waals surface area (Å²) in [5, 5.41) is 19.3. The Balaban J connectivity index is 1.65. The number of aliphatic imine (C=N–C) groups is 1. The van der Waals surface area contributed by atoms with E-state index in [-0.39, 0.29) is 12.0 Å². The van der Waals surface area contributed by atoms with Gasteiger partial charge in [-0.3, -0.25) is 9.79 Å². The van der Waals surface area contributed by atoms with Crippen LogP contribution in [0.5, 0.6) is 0 Å². The third-order valence-electron chi connectivity index (χ3n) is 5.03. The van der Waals surface area contributed by atoms with E-state index >= 15 is 0 Å². The molecule has 2 saturated carbocycles. The van der Waals surface area contributed by atoms with Crippen molar-refractivity contribution in [3.8, 4) is 0 Å². The molecule has 0 bridgehead atoms. The van der Waals surface area contributed by atoms with Gasteiger partial charge in [0.2, 0.25) is 5.91 Å². The molecule has 1 amide bonds. The number of guanidine groups is 1. The number of carbonyl (C=O) groups excluding carboxylic acids is 1. The summed E-state index contributed by atoms with van der Waals surface area (Å²) in [5.74, 6) is 1.56. The second kappa shape index (κ2) is 10.5. The van der Waals surface area contributed by atoms with Gasteiger partial charge >= 0.3 is 0 Å². The average molecular weight is 338 g/mol.